The molecule has 0 spiro atoms. The number of carboxylic acid groups (broad SMARTS) is 1. The summed E-state index contributed by atoms with van der Waals surface area (Å²) < 4.78 is 19.3. The first-order valence-electron chi connectivity index (χ1n) is 7.98. The van der Waals surface area contributed by atoms with Crippen LogP contribution in [0.1, 0.15) is 35.2 Å². The zero-order valence-corrected chi connectivity index (χ0v) is 13.9. The molecule has 0 aliphatic rings. The number of carbonyl (C=O) groups is 2. The van der Waals surface area contributed by atoms with Crippen LogP contribution < -0.4 is 10.1 Å². The maximum absolute atomic E-state index is 13.7. The quantitative estimate of drug-likeness (QED) is 0.709. The molecule has 0 bridgehead atoms. The van der Waals surface area contributed by atoms with Gasteiger partial charge in [0.2, 0.25) is 5.91 Å². The van der Waals surface area contributed by atoms with E-state index in [0.717, 1.165) is 17.4 Å². The number of unbranched alkanes of at least 4 members (excludes halogenated alkanes) is 1. The Labute approximate surface area is 145 Å². The Morgan fingerprint density at radius 3 is 2.64 bits per heavy atom. The largest absolute Gasteiger partial charge is 0.494 e. The van der Waals surface area contributed by atoms with Crippen molar-refractivity contribution in [3.63, 3.8) is 0 Å². The van der Waals surface area contributed by atoms with Crippen molar-refractivity contribution in [1.82, 2.24) is 0 Å². The molecule has 132 valence electrons. The van der Waals surface area contributed by atoms with Gasteiger partial charge in [-0.15, -0.1) is 0 Å². The van der Waals surface area contributed by atoms with E-state index in [0.29, 0.717) is 19.4 Å². The van der Waals surface area contributed by atoms with Crippen LogP contribution in [0.2, 0.25) is 0 Å². The van der Waals surface area contributed by atoms with Gasteiger partial charge in [0, 0.05) is 6.42 Å². The second-order valence-electron chi connectivity index (χ2n) is 5.67. The molecule has 0 aromatic heterocycles. The third-order valence-corrected chi connectivity index (χ3v) is 3.55. The lowest BCUT2D eigenvalue weighted by Gasteiger charge is -2.08. The minimum absolute atomic E-state index is 0.0222. The lowest BCUT2D eigenvalue weighted by atomic mass is 10.2. The number of aryl methyl sites for hydroxylation is 1. The smallest absolute Gasteiger partial charge is 0.335 e. The number of hydrogen-bond acceptors (Lipinski definition) is 3. The second kappa shape index (κ2) is 8.82. The number of rotatable bonds is 8. The van der Waals surface area contributed by atoms with Gasteiger partial charge in [0.15, 0.2) is 0 Å². The highest BCUT2D eigenvalue weighted by atomic mass is 19.1. The zero-order chi connectivity index (χ0) is 18.2. The first-order valence-corrected chi connectivity index (χ1v) is 7.98. The van der Waals surface area contributed by atoms with Crippen LogP contribution in [0, 0.1) is 12.7 Å². The molecule has 0 fully saturated rings. The summed E-state index contributed by atoms with van der Waals surface area (Å²) in [5, 5.41) is 11.2. The minimum atomic E-state index is -1.22. The summed E-state index contributed by atoms with van der Waals surface area (Å²) in [5.41, 5.74) is 0.933. The van der Waals surface area contributed by atoms with E-state index < -0.39 is 11.8 Å². The van der Waals surface area contributed by atoms with Gasteiger partial charge in [0.1, 0.15) is 11.6 Å². The molecule has 0 radical (unpaired) electrons. The molecule has 2 aromatic carbocycles. The number of hydrogen-bond donors (Lipinski definition) is 2. The van der Waals surface area contributed by atoms with Gasteiger partial charge in [-0.2, -0.15) is 0 Å². The van der Waals surface area contributed by atoms with Gasteiger partial charge in [-0.3, -0.25) is 4.79 Å². The summed E-state index contributed by atoms with van der Waals surface area (Å²) in [6.45, 7) is 2.48. The Balaban J connectivity index is 1.71. The first kappa shape index (κ1) is 18.4. The van der Waals surface area contributed by atoms with Crippen molar-refractivity contribution in [2.45, 2.75) is 26.2 Å². The Hall–Kier alpha value is -2.89. The van der Waals surface area contributed by atoms with Gasteiger partial charge < -0.3 is 15.2 Å². The molecule has 0 unspecified atom stereocenters. The number of ether oxygens (including phenoxy) is 1. The molecule has 0 aliphatic carbocycles. The highest BCUT2D eigenvalue weighted by Crippen LogP contribution is 2.17. The van der Waals surface area contributed by atoms with Crippen molar-refractivity contribution < 1.29 is 23.8 Å². The fraction of sp³-hybridized carbons (Fsp3) is 0.263. The molecular formula is C19H20FNO4. The summed E-state index contributed by atoms with van der Waals surface area (Å²) >= 11 is 0. The molecule has 2 aromatic rings. The second-order valence-corrected chi connectivity index (χ2v) is 5.67. The Morgan fingerprint density at radius 1 is 1.16 bits per heavy atom. The average Bonchev–Trinajstić information content (AvgIpc) is 2.56. The summed E-state index contributed by atoms with van der Waals surface area (Å²) in [4.78, 5) is 22.6. The highest BCUT2D eigenvalue weighted by Gasteiger charge is 2.10. The molecule has 2 N–H and O–H groups in total. The maximum Gasteiger partial charge on any atom is 0.335 e. The summed E-state index contributed by atoms with van der Waals surface area (Å²) in [6, 6.07) is 11.1. The van der Waals surface area contributed by atoms with E-state index in [4.69, 9.17) is 9.84 Å². The highest BCUT2D eigenvalue weighted by molar-refractivity contribution is 5.92. The van der Waals surface area contributed by atoms with Crippen LogP contribution in [0.15, 0.2) is 42.5 Å². The number of carboxylic acids is 1. The average molecular weight is 345 g/mol. The Morgan fingerprint density at radius 2 is 1.96 bits per heavy atom. The summed E-state index contributed by atoms with van der Waals surface area (Å²) in [5.74, 6) is -1.51. The third-order valence-electron chi connectivity index (χ3n) is 3.55. The fourth-order valence-corrected chi connectivity index (χ4v) is 2.24. The topological polar surface area (TPSA) is 75.6 Å². The molecule has 0 saturated carbocycles. The van der Waals surface area contributed by atoms with Crippen LogP contribution in [0.25, 0.3) is 0 Å². The predicted molar refractivity (Wildman–Crippen MR) is 92.5 cm³/mol. The van der Waals surface area contributed by atoms with Crippen molar-refractivity contribution in [3.05, 3.63) is 59.4 Å². The lowest BCUT2D eigenvalue weighted by molar-refractivity contribution is -0.116. The van der Waals surface area contributed by atoms with Crippen molar-refractivity contribution >= 4 is 17.6 Å². The van der Waals surface area contributed by atoms with Crippen LogP contribution in [0.5, 0.6) is 5.75 Å². The molecule has 6 heteroatoms. The predicted octanol–water partition coefficient (Wildman–Crippen LogP) is 4.02. The normalized spacial score (nSPS) is 10.3. The molecule has 0 atom stereocenters. The fourth-order valence-electron chi connectivity index (χ4n) is 2.24. The van der Waals surface area contributed by atoms with Crippen LogP contribution in [-0.2, 0) is 4.79 Å². The van der Waals surface area contributed by atoms with Gasteiger partial charge in [0.05, 0.1) is 17.9 Å². The lowest BCUT2D eigenvalue weighted by Crippen LogP contribution is -2.13. The van der Waals surface area contributed by atoms with Crippen LogP contribution >= 0.6 is 0 Å². The molecule has 1 amide bonds. The number of nitrogens with one attached hydrogen (secondary N) is 1. The van der Waals surface area contributed by atoms with Crippen LogP contribution in [-0.4, -0.2) is 23.6 Å². The van der Waals surface area contributed by atoms with Crippen LogP contribution in [0.3, 0.4) is 0 Å². The number of anilines is 1. The van der Waals surface area contributed by atoms with E-state index >= 15 is 0 Å². The molecule has 5 nitrogen and oxygen atoms in total. The van der Waals surface area contributed by atoms with E-state index in [2.05, 4.69) is 5.32 Å². The third kappa shape index (κ3) is 5.91. The van der Waals surface area contributed by atoms with Gasteiger partial charge in [-0.25, -0.2) is 9.18 Å². The van der Waals surface area contributed by atoms with E-state index in [9.17, 15) is 14.0 Å². The molecule has 2 rings (SSSR count). The summed E-state index contributed by atoms with van der Waals surface area (Å²) in [7, 11) is 0. The number of aromatic carboxylic acids is 1. The Kier molecular flexibility index (Phi) is 6.51. The van der Waals surface area contributed by atoms with E-state index in [1.165, 1.54) is 12.1 Å². The van der Waals surface area contributed by atoms with Crippen molar-refractivity contribution in [3.8, 4) is 5.75 Å². The van der Waals surface area contributed by atoms with Gasteiger partial charge in [-0.1, -0.05) is 12.1 Å². The summed E-state index contributed by atoms with van der Waals surface area (Å²) in [6.07, 6.45) is 1.53. The maximum atomic E-state index is 13.7. The van der Waals surface area contributed by atoms with E-state index in [-0.39, 0.29) is 23.6 Å². The van der Waals surface area contributed by atoms with Gasteiger partial charge in [0.25, 0.3) is 0 Å². The van der Waals surface area contributed by atoms with Gasteiger partial charge >= 0.3 is 5.97 Å². The number of halogens is 1. The Bertz CT molecular complexity index is 761. The molecule has 0 heterocycles. The first-order chi connectivity index (χ1) is 12.0. The SMILES string of the molecule is Cc1cccc(OCCCCC(=O)Nc2ccc(C(=O)O)cc2F)c1. The zero-order valence-electron chi connectivity index (χ0n) is 13.9. The monoisotopic (exact) mass is 345 g/mol. The molecule has 0 aliphatic heterocycles. The number of amides is 1. The van der Waals surface area contributed by atoms with Crippen molar-refractivity contribution in [2.24, 2.45) is 0 Å². The van der Waals surface area contributed by atoms with Crippen molar-refractivity contribution in [1.29, 1.82) is 0 Å². The molecule has 25 heavy (non-hydrogen) atoms. The number of carbonyl (C=O) groups excluding carboxylic acids is 1. The number of benzene rings is 2. The minimum Gasteiger partial charge on any atom is -0.494 e. The van der Waals surface area contributed by atoms with E-state index in [1.54, 1.807) is 0 Å². The van der Waals surface area contributed by atoms with E-state index in [1.807, 2.05) is 31.2 Å². The van der Waals surface area contributed by atoms with Crippen LogP contribution in [0.4, 0.5) is 10.1 Å². The van der Waals surface area contributed by atoms with Gasteiger partial charge in [-0.05, 0) is 55.7 Å². The molecule has 0 saturated heterocycles. The molecular weight excluding hydrogens is 325 g/mol. The standard InChI is InChI=1S/C19H20FNO4/c1-13-5-4-6-15(11-13)25-10-3-2-7-18(22)21-17-9-8-14(19(23)24)12-16(17)20/h4-6,8-9,11-12H,2-3,7,10H2,1H3,(H,21,22)(H,23,24). The van der Waals surface area contributed by atoms with Crippen molar-refractivity contribution in [2.75, 3.05) is 11.9 Å².